The van der Waals surface area contributed by atoms with Crippen molar-refractivity contribution in [1.82, 2.24) is 0 Å². The summed E-state index contributed by atoms with van der Waals surface area (Å²) in [7, 11) is -2.51. The van der Waals surface area contributed by atoms with E-state index in [1.54, 1.807) is 0 Å². The fourth-order valence-corrected chi connectivity index (χ4v) is 5.36. The van der Waals surface area contributed by atoms with Crippen molar-refractivity contribution in [3.05, 3.63) is 12.7 Å². The molecule has 3 nitrogen and oxygen atoms in total. The Balaban J connectivity index is 4.36. The average Bonchev–Trinajstić information content (AvgIpc) is 2.43. The predicted octanol–water partition coefficient (Wildman–Crippen LogP) is 5.34. The minimum Gasteiger partial charge on any atom is -0.374 e. The van der Waals surface area contributed by atoms with Crippen LogP contribution < -0.4 is 0 Å². The van der Waals surface area contributed by atoms with E-state index in [0.717, 1.165) is 18.9 Å². The number of unbranched alkanes of at least 4 members (excludes halogenated alkanes) is 5. The highest BCUT2D eigenvalue weighted by atomic mass is 28.4. The highest BCUT2D eigenvalue weighted by Crippen LogP contribution is 2.23. The molecule has 0 aliphatic carbocycles. The molecule has 0 aromatic carbocycles. The molecule has 0 saturated carbocycles. The molecule has 0 amide bonds. The maximum Gasteiger partial charge on any atom is 0.501 e. The van der Waals surface area contributed by atoms with Crippen molar-refractivity contribution >= 4 is 8.80 Å². The van der Waals surface area contributed by atoms with E-state index in [2.05, 4.69) is 20.4 Å². The Morgan fingerprint density at radius 3 is 2.05 bits per heavy atom. The molecule has 0 aromatic heterocycles. The SMILES string of the molecule is C=CCC(C)O[Si](CCCCCCCC)(OCC)OCC. The molecule has 0 heterocycles. The Morgan fingerprint density at radius 2 is 1.52 bits per heavy atom. The predicted molar refractivity (Wildman–Crippen MR) is 92.6 cm³/mol. The first-order chi connectivity index (χ1) is 10.1. The third-order valence-corrected chi connectivity index (χ3v) is 6.63. The van der Waals surface area contributed by atoms with Gasteiger partial charge >= 0.3 is 8.80 Å². The summed E-state index contributed by atoms with van der Waals surface area (Å²) >= 11 is 0. The summed E-state index contributed by atoms with van der Waals surface area (Å²) in [6, 6.07) is 0.933. The molecule has 0 rings (SSSR count). The molecule has 0 saturated heterocycles. The van der Waals surface area contributed by atoms with Crippen LogP contribution in [0.2, 0.25) is 6.04 Å². The van der Waals surface area contributed by atoms with Gasteiger partial charge in [-0.2, -0.15) is 0 Å². The first-order valence-electron chi connectivity index (χ1n) is 8.70. The van der Waals surface area contributed by atoms with E-state index in [9.17, 15) is 0 Å². The lowest BCUT2D eigenvalue weighted by atomic mass is 10.1. The standard InChI is InChI=1S/C17H36O3Si/c1-6-10-11-12-13-14-16-21(18-8-3,19-9-4)20-17(5)15-7-2/h7,17H,2,6,8-16H2,1,3-5H3. The largest absolute Gasteiger partial charge is 0.501 e. The second-order valence-corrected chi connectivity index (χ2v) is 8.20. The molecule has 0 aliphatic rings. The normalized spacial score (nSPS) is 13.3. The summed E-state index contributed by atoms with van der Waals surface area (Å²) < 4.78 is 18.2. The van der Waals surface area contributed by atoms with E-state index in [-0.39, 0.29) is 6.10 Å². The lowest BCUT2D eigenvalue weighted by Gasteiger charge is -2.31. The van der Waals surface area contributed by atoms with Gasteiger partial charge in [0, 0.05) is 19.3 Å². The Kier molecular flexibility index (Phi) is 13.4. The first-order valence-corrected chi connectivity index (χ1v) is 10.6. The zero-order valence-electron chi connectivity index (χ0n) is 14.7. The van der Waals surface area contributed by atoms with Gasteiger partial charge < -0.3 is 13.3 Å². The van der Waals surface area contributed by atoms with Crippen LogP contribution in [0.1, 0.15) is 72.6 Å². The third-order valence-electron chi connectivity index (χ3n) is 3.44. The van der Waals surface area contributed by atoms with Crippen molar-refractivity contribution in [3.63, 3.8) is 0 Å². The summed E-state index contributed by atoms with van der Waals surface area (Å²) in [5, 5.41) is 0. The molecule has 0 bridgehead atoms. The van der Waals surface area contributed by atoms with Gasteiger partial charge in [-0.1, -0.05) is 45.1 Å². The number of rotatable bonds is 15. The van der Waals surface area contributed by atoms with E-state index in [4.69, 9.17) is 13.3 Å². The molecule has 0 aliphatic heterocycles. The van der Waals surface area contributed by atoms with Crippen molar-refractivity contribution in [2.24, 2.45) is 0 Å². The quantitative estimate of drug-likeness (QED) is 0.232. The molecule has 1 unspecified atom stereocenters. The molecule has 1 atom stereocenters. The summed E-state index contributed by atoms with van der Waals surface area (Å²) in [6.45, 7) is 13.4. The molecule has 0 fully saturated rings. The van der Waals surface area contributed by atoms with Crippen molar-refractivity contribution in [2.75, 3.05) is 13.2 Å². The zero-order chi connectivity index (χ0) is 16.0. The van der Waals surface area contributed by atoms with E-state index < -0.39 is 8.80 Å². The van der Waals surface area contributed by atoms with Crippen molar-refractivity contribution in [2.45, 2.75) is 84.8 Å². The van der Waals surface area contributed by atoms with Gasteiger partial charge in [0.15, 0.2) is 0 Å². The molecular weight excluding hydrogens is 280 g/mol. The van der Waals surface area contributed by atoms with E-state index >= 15 is 0 Å². The van der Waals surface area contributed by atoms with Crippen LogP contribution in [0.25, 0.3) is 0 Å². The van der Waals surface area contributed by atoms with Crippen LogP contribution >= 0.6 is 0 Å². The lowest BCUT2D eigenvalue weighted by Crippen LogP contribution is -2.48. The number of hydrogen-bond acceptors (Lipinski definition) is 3. The molecule has 0 spiro atoms. The Hall–Kier alpha value is -0.163. The Bertz CT molecular complexity index is 240. The van der Waals surface area contributed by atoms with Crippen molar-refractivity contribution < 1.29 is 13.3 Å². The van der Waals surface area contributed by atoms with Crippen LogP contribution in [-0.2, 0) is 13.3 Å². The summed E-state index contributed by atoms with van der Waals surface area (Å²) in [5.41, 5.74) is 0. The van der Waals surface area contributed by atoms with Crippen LogP contribution in [-0.4, -0.2) is 28.1 Å². The summed E-state index contributed by atoms with van der Waals surface area (Å²) in [5.74, 6) is 0. The molecule has 0 radical (unpaired) electrons. The minimum absolute atomic E-state index is 0.118. The van der Waals surface area contributed by atoms with E-state index in [1.807, 2.05) is 19.9 Å². The van der Waals surface area contributed by atoms with Crippen LogP contribution in [0, 0.1) is 0 Å². The van der Waals surface area contributed by atoms with E-state index in [0.29, 0.717) is 13.2 Å². The highest BCUT2D eigenvalue weighted by Gasteiger charge is 2.41. The fraction of sp³-hybridized carbons (Fsp3) is 0.882. The Morgan fingerprint density at radius 1 is 0.952 bits per heavy atom. The van der Waals surface area contributed by atoms with Gasteiger partial charge in [0.05, 0.1) is 6.10 Å². The van der Waals surface area contributed by atoms with Crippen LogP contribution in [0.5, 0.6) is 0 Å². The van der Waals surface area contributed by atoms with Crippen molar-refractivity contribution in [1.29, 1.82) is 0 Å². The lowest BCUT2D eigenvalue weighted by molar-refractivity contribution is 0.0388. The van der Waals surface area contributed by atoms with Gasteiger partial charge in [0.2, 0.25) is 0 Å². The first kappa shape index (κ1) is 20.8. The minimum atomic E-state index is -2.51. The molecule has 0 aromatic rings. The van der Waals surface area contributed by atoms with Crippen LogP contribution in [0.4, 0.5) is 0 Å². The molecular formula is C17H36O3Si. The smallest absolute Gasteiger partial charge is 0.374 e. The van der Waals surface area contributed by atoms with Gasteiger partial charge in [-0.25, -0.2) is 0 Å². The molecule has 0 N–H and O–H groups in total. The highest BCUT2D eigenvalue weighted by molar-refractivity contribution is 6.60. The topological polar surface area (TPSA) is 27.7 Å². The van der Waals surface area contributed by atoms with Gasteiger partial charge in [-0.15, -0.1) is 6.58 Å². The second kappa shape index (κ2) is 13.5. The van der Waals surface area contributed by atoms with Crippen LogP contribution in [0.3, 0.4) is 0 Å². The van der Waals surface area contributed by atoms with Gasteiger partial charge in [-0.3, -0.25) is 0 Å². The van der Waals surface area contributed by atoms with Crippen molar-refractivity contribution in [3.8, 4) is 0 Å². The number of hydrogen-bond donors (Lipinski definition) is 0. The third kappa shape index (κ3) is 10.2. The maximum atomic E-state index is 6.21. The summed E-state index contributed by atoms with van der Waals surface area (Å²) in [4.78, 5) is 0. The Labute approximate surface area is 133 Å². The van der Waals surface area contributed by atoms with Gasteiger partial charge in [-0.05, 0) is 33.6 Å². The van der Waals surface area contributed by atoms with Gasteiger partial charge in [0.25, 0.3) is 0 Å². The second-order valence-electron chi connectivity index (χ2n) is 5.52. The monoisotopic (exact) mass is 316 g/mol. The maximum absolute atomic E-state index is 6.21. The van der Waals surface area contributed by atoms with Gasteiger partial charge in [0.1, 0.15) is 0 Å². The van der Waals surface area contributed by atoms with Crippen LogP contribution in [0.15, 0.2) is 12.7 Å². The molecule has 21 heavy (non-hydrogen) atoms. The summed E-state index contributed by atoms with van der Waals surface area (Å²) in [6.07, 6.45) is 10.5. The van der Waals surface area contributed by atoms with E-state index in [1.165, 1.54) is 32.1 Å². The average molecular weight is 317 g/mol. The zero-order valence-corrected chi connectivity index (χ0v) is 15.7. The fourth-order valence-electron chi connectivity index (χ4n) is 2.46. The molecule has 126 valence electrons. The molecule has 4 heteroatoms.